The average Bonchev–Trinajstić information content (AvgIpc) is 2.45. The molecule has 2 amide bonds. The highest BCUT2D eigenvalue weighted by Crippen LogP contribution is 2.30. The van der Waals surface area contributed by atoms with Crippen LogP contribution in [0, 0.1) is 10.1 Å². The van der Waals surface area contributed by atoms with E-state index in [4.69, 9.17) is 20.9 Å². The number of nitrogens with two attached hydrogens (primary N) is 2. The van der Waals surface area contributed by atoms with Crippen molar-refractivity contribution in [3.63, 3.8) is 0 Å². The fourth-order valence-electron chi connectivity index (χ4n) is 2.49. The molecular weight excluding hydrogens is 310 g/mol. The second kappa shape index (κ2) is 6.77. The fraction of sp³-hybridized carbons (Fsp3) is 0.417. The molecule has 0 unspecified atom stereocenters. The molecule has 0 radical (unpaired) electrons. The van der Waals surface area contributed by atoms with Gasteiger partial charge in [-0.2, -0.15) is 0 Å². The Morgan fingerprint density at radius 2 is 1.83 bits per heavy atom. The molecule has 1 aliphatic heterocycles. The monoisotopic (exact) mass is 325 g/mol. The van der Waals surface area contributed by atoms with Crippen molar-refractivity contribution in [3.05, 3.63) is 28.6 Å². The molecule has 2 atom stereocenters. The van der Waals surface area contributed by atoms with Crippen LogP contribution in [0.25, 0.3) is 0 Å². The van der Waals surface area contributed by atoms with Crippen molar-refractivity contribution in [1.29, 1.82) is 0 Å². The Morgan fingerprint density at radius 1 is 1.26 bits per heavy atom. The van der Waals surface area contributed by atoms with E-state index in [9.17, 15) is 19.7 Å². The molecule has 1 saturated heterocycles. The Hall–Kier alpha value is -3.11. The fourth-order valence-corrected chi connectivity index (χ4v) is 2.49. The highest BCUT2D eigenvalue weighted by atomic mass is 16.6. The Morgan fingerprint density at radius 3 is 2.30 bits per heavy atom. The lowest BCUT2D eigenvalue weighted by Crippen LogP contribution is -2.49. The van der Waals surface area contributed by atoms with E-state index < -0.39 is 29.3 Å². The zero-order chi connectivity index (χ0) is 17.0. The maximum absolute atomic E-state index is 11.1. The van der Waals surface area contributed by atoms with E-state index in [2.05, 4.69) is 4.98 Å². The number of carbonyl (C=O) groups excluding carboxylic acids is 2. The van der Waals surface area contributed by atoms with Gasteiger partial charge in [-0.1, -0.05) is 0 Å². The maximum atomic E-state index is 11.1. The van der Waals surface area contributed by atoms with Crippen LogP contribution in [0.1, 0.15) is 6.42 Å². The number of hydrogen-bond donors (Lipinski definition) is 2. The number of anilines is 1. The molecule has 4 N–H and O–H groups in total. The number of amides is 2. The van der Waals surface area contributed by atoms with Crippen LogP contribution < -0.4 is 16.4 Å². The summed E-state index contributed by atoms with van der Waals surface area (Å²) in [5, 5.41) is 11.1. The van der Waals surface area contributed by atoms with Crippen LogP contribution in [-0.2, 0) is 9.47 Å². The number of nitrogens with zero attached hydrogens (tertiary/aromatic N) is 3. The van der Waals surface area contributed by atoms with Gasteiger partial charge in [0.1, 0.15) is 24.1 Å². The van der Waals surface area contributed by atoms with Gasteiger partial charge in [0.2, 0.25) is 0 Å². The molecule has 0 aromatic carbocycles. The van der Waals surface area contributed by atoms with Gasteiger partial charge in [-0.3, -0.25) is 15.1 Å². The summed E-state index contributed by atoms with van der Waals surface area (Å²) in [5.74, 6) is 0. The summed E-state index contributed by atoms with van der Waals surface area (Å²) in [6.45, 7) is 0.318. The molecule has 2 rings (SSSR count). The Balaban J connectivity index is 2.27. The van der Waals surface area contributed by atoms with Crippen molar-refractivity contribution in [2.24, 2.45) is 11.5 Å². The lowest BCUT2D eigenvalue weighted by Gasteiger charge is -2.37. The van der Waals surface area contributed by atoms with Gasteiger partial charge in [-0.25, -0.2) is 9.59 Å². The van der Waals surface area contributed by atoms with Crippen molar-refractivity contribution in [1.82, 2.24) is 4.98 Å². The minimum atomic E-state index is -0.987. The molecule has 11 heteroatoms. The number of piperidine rings is 1. The maximum Gasteiger partial charge on any atom is 0.404 e. The SMILES string of the molecule is NC(=O)O[C@@H]1C[C@H](OC(N)=O)CN(c2ccncc2[N+](=O)[O-])C1. The number of aromatic nitrogens is 1. The average molecular weight is 325 g/mol. The van der Waals surface area contributed by atoms with Crippen molar-refractivity contribution in [2.45, 2.75) is 18.6 Å². The molecule has 2 heterocycles. The van der Waals surface area contributed by atoms with Gasteiger partial charge >= 0.3 is 17.9 Å². The summed E-state index contributed by atoms with van der Waals surface area (Å²) in [6.07, 6.45) is -0.668. The number of hydrogen-bond acceptors (Lipinski definition) is 8. The first-order chi connectivity index (χ1) is 10.9. The Labute approximate surface area is 130 Å². The molecule has 11 nitrogen and oxygen atoms in total. The van der Waals surface area contributed by atoms with Gasteiger partial charge in [0.25, 0.3) is 0 Å². The molecule has 1 aromatic rings. The molecule has 1 fully saturated rings. The number of nitro groups is 1. The number of rotatable bonds is 4. The Bertz CT molecular complexity index is 600. The van der Waals surface area contributed by atoms with Gasteiger partial charge in [-0.05, 0) is 6.07 Å². The predicted octanol–water partition coefficient (Wildman–Crippen LogP) is 0.128. The highest BCUT2D eigenvalue weighted by molar-refractivity contribution is 5.66. The van der Waals surface area contributed by atoms with Crippen LogP contribution in [0.3, 0.4) is 0 Å². The molecule has 23 heavy (non-hydrogen) atoms. The number of pyridine rings is 1. The van der Waals surface area contributed by atoms with Crippen molar-refractivity contribution < 1.29 is 24.0 Å². The Kier molecular flexibility index (Phi) is 4.79. The normalized spacial score (nSPS) is 20.6. The predicted molar refractivity (Wildman–Crippen MR) is 76.6 cm³/mol. The van der Waals surface area contributed by atoms with Crippen LogP contribution in [0.4, 0.5) is 21.0 Å². The van der Waals surface area contributed by atoms with Gasteiger partial charge in [-0.15, -0.1) is 0 Å². The van der Waals surface area contributed by atoms with Crippen LogP contribution >= 0.6 is 0 Å². The summed E-state index contributed by atoms with van der Waals surface area (Å²) in [5.41, 5.74) is 10.1. The van der Waals surface area contributed by atoms with Gasteiger partial charge in [0, 0.05) is 12.6 Å². The quantitative estimate of drug-likeness (QED) is 0.582. The van der Waals surface area contributed by atoms with E-state index in [0.717, 1.165) is 6.20 Å². The van der Waals surface area contributed by atoms with Gasteiger partial charge in [0.15, 0.2) is 0 Å². The minimum Gasteiger partial charge on any atom is -0.444 e. The standard InChI is InChI=1S/C12H15N5O6/c13-11(18)22-7-3-8(23-12(14)19)6-16(5-7)9-1-2-15-4-10(9)17(20)21/h1-2,4,7-8H,3,5-6H2,(H2,13,18)(H2,14,19)/t7-,8+. The third-order valence-electron chi connectivity index (χ3n) is 3.25. The van der Waals surface area contributed by atoms with Gasteiger partial charge < -0.3 is 25.8 Å². The van der Waals surface area contributed by atoms with Crippen LogP contribution in [0.2, 0.25) is 0 Å². The third-order valence-corrected chi connectivity index (χ3v) is 3.25. The van der Waals surface area contributed by atoms with E-state index in [-0.39, 0.29) is 30.9 Å². The summed E-state index contributed by atoms with van der Waals surface area (Å²) in [6, 6.07) is 1.45. The van der Waals surface area contributed by atoms with E-state index >= 15 is 0 Å². The largest absolute Gasteiger partial charge is 0.444 e. The van der Waals surface area contributed by atoms with E-state index in [1.807, 2.05) is 0 Å². The molecule has 1 aromatic heterocycles. The third kappa shape index (κ3) is 4.18. The van der Waals surface area contributed by atoms with E-state index in [0.29, 0.717) is 0 Å². The lowest BCUT2D eigenvalue weighted by molar-refractivity contribution is -0.384. The summed E-state index contributed by atoms with van der Waals surface area (Å²) < 4.78 is 9.87. The number of ether oxygens (including phenoxy) is 2. The topological polar surface area (TPSA) is 164 Å². The van der Waals surface area contributed by atoms with Crippen molar-refractivity contribution in [3.8, 4) is 0 Å². The smallest absolute Gasteiger partial charge is 0.404 e. The van der Waals surface area contributed by atoms with E-state index in [1.165, 1.54) is 12.3 Å². The zero-order valence-electron chi connectivity index (χ0n) is 12.0. The first-order valence-corrected chi connectivity index (χ1v) is 6.62. The van der Waals surface area contributed by atoms with Crippen LogP contribution in [0.5, 0.6) is 0 Å². The second-order valence-electron chi connectivity index (χ2n) is 4.88. The number of carbonyl (C=O) groups is 2. The van der Waals surface area contributed by atoms with Crippen molar-refractivity contribution >= 4 is 23.6 Å². The molecule has 0 aliphatic carbocycles. The van der Waals surface area contributed by atoms with Crippen LogP contribution in [-0.4, -0.2) is 47.4 Å². The molecular formula is C12H15N5O6. The van der Waals surface area contributed by atoms with E-state index in [1.54, 1.807) is 4.90 Å². The molecule has 124 valence electrons. The van der Waals surface area contributed by atoms with Gasteiger partial charge in [0.05, 0.1) is 18.0 Å². The zero-order valence-corrected chi connectivity index (χ0v) is 12.0. The van der Waals surface area contributed by atoms with Crippen LogP contribution in [0.15, 0.2) is 18.5 Å². The first-order valence-electron chi connectivity index (χ1n) is 6.62. The molecule has 0 spiro atoms. The molecule has 0 bridgehead atoms. The number of primary amides is 2. The lowest BCUT2D eigenvalue weighted by atomic mass is 10.0. The summed E-state index contributed by atoms with van der Waals surface area (Å²) in [7, 11) is 0. The highest BCUT2D eigenvalue weighted by Gasteiger charge is 2.34. The first kappa shape index (κ1) is 16.3. The molecule has 0 saturated carbocycles. The summed E-state index contributed by atoms with van der Waals surface area (Å²) >= 11 is 0. The minimum absolute atomic E-state index is 0.159. The second-order valence-corrected chi connectivity index (χ2v) is 4.88. The molecule has 1 aliphatic rings. The van der Waals surface area contributed by atoms with Crippen molar-refractivity contribution in [2.75, 3.05) is 18.0 Å². The summed E-state index contributed by atoms with van der Waals surface area (Å²) in [4.78, 5) is 37.7.